The molecular formula is C39H49FN4O12. The Balaban J connectivity index is 1.44. The lowest BCUT2D eigenvalue weighted by atomic mass is 9.94. The van der Waals surface area contributed by atoms with Crippen LogP contribution in [0.1, 0.15) is 61.5 Å². The van der Waals surface area contributed by atoms with E-state index < -0.39 is 47.5 Å². The number of esters is 1. The molecular weight excluding hydrogens is 735 g/mol. The van der Waals surface area contributed by atoms with Crippen LogP contribution in [0.2, 0.25) is 0 Å². The number of halogens is 1. The quantitative estimate of drug-likeness (QED) is 0.0278. The fourth-order valence-electron chi connectivity index (χ4n) is 6.21. The van der Waals surface area contributed by atoms with Crippen molar-refractivity contribution < 1.29 is 64.2 Å². The predicted molar refractivity (Wildman–Crippen MR) is 198 cm³/mol. The van der Waals surface area contributed by atoms with Crippen LogP contribution in [0, 0.1) is 5.82 Å². The van der Waals surface area contributed by atoms with Gasteiger partial charge in [0.25, 0.3) is 5.91 Å². The van der Waals surface area contributed by atoms with E-state index in [2.05, 4.69) is 15.0 Å². The molecule has 0 bridgehead atoms. The number of para-hydroxylation sites is 1. The highest BCUT2D eigenvalue weighted by Gasteiger charge is 2.31. The zero-order valence-electron chi connectivity index (χ0n) is 31.1. The van der Waals surface area contributed by atoms with Crippen LogP contribution in [0.5, 0.6) is 0 Å². The number of benzene rings is 3. The van der Waals surface area contributed by atoms with E-state index in [-0.39, 0.29) is 63.9 Å². The number of nitrogens with one attached hydrogen (secondary N) is 1. The van der Waals surface area contributed by atoms with Crippen molar-refractivity contribution in [1.29, 1.82) is 0 Å². The molecule has 0 saturated heterocycles. The van der Waals surface area contributed by atoms with Crippen molar-refractivity contribution in [3.05, 3.63) is 102 Å². The van der Waals surface area contributed by atoms with Gasteiger partial charge in [-0.3, -0.25) is 30.4 Å². The minimum atomic E-state index is -1.22. The van der Waals surface area contributed by atoms with Gasteiger partial charge < -0.3 is 29.6 Å². The highest BCUT2D eigenvalue weighted by atomic mass is 19.1. The van der Waals surface area contributed by atoms with Gasteiger partial charge in [0.2, 0.25) is 0 Å². The number of aliphatic hydroxyl groups excluding tert-OH is 2. The summed E-state index contributed by atoms with van der Waals surface area (Å²) in [6.07, 6.45) is -3.54. The van der Waals surface area contributed by atoms with E-state index in [9.17, 15) is 24.2 Å². The summed E-state index contributed by atoms with van der Waals surface area (Å²) < 4.78 is 26.6. The maximum Gasteiger partial charge on any atom is 0.308 e. The smallest absolute Gasteiger partial charge is 0.308 e. The van der Waals surface area contributed by atoms with Crippen LogP contribution >= 0.6 is 0 Å². The minimum absolute atomic E-state index is 0.0481. The van der Waals surface area contributed by atoms with Crippen molar-refractivity contribution in [2.24, 2.45) is 0 Å². The molecule has 1 heterocycles. The maximum absolute atomic E-state index is 14.2. The molecule has 0 aliphatic rings. The normalized spacial score (nSPS) is 13.3. The largest absolute Gasteiger partial charge is 0.466 e. The summed E-state index contributed by atoms with van der Waals surface area (Å²) in [5.74, 6) is -1.61. The van der Waals surface area contributed by atoms with Gasteiger partial charge in [-0.25, -0.2) is 14.1 Å². The zero-order chi connectivity index (χ0) is 40.6. The lowest BCUT2D eigenvalue weighted by molar-refractivity contribution is -0.528. The molecule has 0 unspecified atom stereocenters. The summed E-state index contributed by atoms with van der Waals surface area (Å²) in [7, 11) is 0. The summed E-state index contributed by atoms with van der Waals surface area (Å²) in [4.78, 5) is 35.6. The second kappa shape index (κ2) is 22.2. The number of ether oxygens (including phenoxy) is 2. The lowest BCUT2D eigenvalue weighted by Gasteiger charge is -2.20. The summed E-state index contributed by atoms with van der Waals surface area (Å²) in [6, 6.07) is 24.5. The number of rotatable bonds is 23. The van der Waals surface area contributed by atoms with Gasteiger partial charge in [-0.2, -0.15) is 0 Å². The molecule has 1 amide bonds. The summed E-state index contributed by atoms with van der Waals surface area (Å²) in [5, 5.41) is 58.5. The topological polar surface area (TPSA) is 216 Å². The summed E-state index contributed by atoms with van der Waals surface area (Å²) in [5.41, 5.74) is 4.53. The Morgan fingerprint density at radius 2 is 1.48 bits per heavy atom. The third kappa shape index (κ3) is 13.5. The van der Waals surface area contributed by atoms with E-state index in [1.807, 2.05) is 66.9 Å². The molecule has 3 aromatic carbocycles. The number of aliphatic hydroxyl groups is 2. The summed E-state index contributed by atoms with van der Waals surface area (Å²) >= 11 is 0. The van der Waals surface area contributed by atoms with Gasteiger partial charge >= 0.3 is 5.97 Å². The van der Waals surface area contributed by atoms with E-state index in [0.29, 0.717) is 33.8 Å². The predicted octanol–water partition coefficient (Wildman–Crippen LogP) is 5.57. The molecule has 1 aromatic heterocycles. The Kier molecular flexibility index (Phi) is 17.5. The van der Waals surface area contributed by atoms with Gasteiger partial charge in [-0.15, -0.1) is 0 Å². The second-order valence-corrected chi connectivity index (χ2v) is 13.2. The first-order chi connectivity index (χ1) is 26.8. The molecule has 0 saturated carbocycles. The number of aromatic nitrogens is 1. The first kappa shape index (κ1) is 44.1. The van der Waals surface area contributed by atoms with Gasteiger partial charge in [-0.05, 0) is 66.3 Å². The number of carbonyl (C=O) groups is 2. The van der Waals surface area contributed by atoms with E-state index in [4.69, 9.17) is 30.3 Å². The number of hydrogen-bond donors (Lipinski definition) is 7. The molecule has 7 N–H and O–H groups in total. The molecule has 3 atom stereocenters. The Morgan fingerprint density at radius 3 is 2.11 bits per heavy atom. The molecule has 0 spiro atoms. The number of amides is 1. The number of carbonyl (C=O) groups excluding carboxylic acids is 2. The van der Waals surface area contributed by atoms with Gasteiger partial charge in [0.05, 0.1) is 53.9 Å². The molecule has 16 nitrogen and oxygen atoms in total. The minimum Gasteiger partial charge on any atom is -0.466 e. The van der Waals surface area contributed by atoms with Crippen molar-refractivity contribution in [1.82, 2.24) is 15.3 Å². The van der Waals surface area contributed by atoms with Crippen LogP contribution < -0.4 is 5.32 Å². The fraction of sp³-hybridized carbons (Fsp3) is 0.385. The van der Waals surface area contributed by atoms with Crippen LogP contribution in [0.15, 0.2) is 84.9 Å². The van der Waals surface area contributed by atoms with Crippen LogP contribution in [0.3, 0.4) is 0 Å². The highest BCUT2D eigenvalue weighted by molar-refractivity contribution is 6.12. The number of anilines is 1. The van der Waals surface area contributed by atoms with Crippen LogP contribution in [0.25, 0.3) is 22.4 Å². The molecule has 0 radical (unpaired) electrons. The maximum atomic E-state index is 14.2. The van der Waals surface area contributed by atoms with E-state index in [1.165, 1.54) is 12.1 Å². The lowest BCUT2D eigenvalue weighted by Crippen LogP contribution is -2.34. The van der Waals surface area contributed by atoms with Crippen molar-refractivity contribution in [2.75, 3.05) is 31.7 Å². The third-order valence-electron chi connectivity index (χ3n) is 8.54. The van der Waals surface area contributed by atoms with E-state index >= 15 is 0 Å². The molecule has 0 aliphatic heterocycles. The molecule has 4 aromatic rings. The zero-order valence-corrected chi connectivity index (χ0v) is 31.1. The number of nitrogens with zero attached hydrogens (tertiary/aromatic N) is 3. The monoisotopic (exact) mass is 784 g/mol. The Bertz CT molecular complexity index is 1790. The molecule has 304 valence electrons. The van der Waals surface area contributed by atoms with Gasteiger partial charge in [0.1, 0.15) is 18.5 Å². The van der Waals surface area contributed by atoms with Gasteiger partial charge in [0.15, 0.2) is 0 Å². The molecule has 0 fully saturated rings. The van der Waals surface area contributed by atoms with Crippen molar-refractivity contribution in [2.45, 2.75) is 70.3 Å². The first-order valence-corrected chi connectivity index (χ1v) is 18.0. The SMILES string of the molecule is CC(C)c1c(C(=O)Nc2ccccc2)c(-c2ccccc2)c(-c2ccc(F)cc2)n1CC[C@@H](O)C[C@@H](O)CC(=O)OCCCOC[C@H](CON(O)O)ON(O)O. The fourth-order valence-corrected chi connectivity index (χ4v) is 6.21. The van der Waals surface area contributed by atoms with Gasteiger partial charge in [-0.1, -0.05) is 62.4 Å². The average molecular weight is 785 g/mol. The van der Waals surface area contributed by atoms with E-state index in [1.54, 1.807) is 24.3 Å². The van der Waals surface area contributed by atoms with Crippen molar-refractivity contribution >= 4 is 17.6 Å². The van der Waals surface area contributed by atoms with Crippen molar-refractivity contribution in [3.8, 4) is 22.4 Å². The third-order valence-corrected chi connectivity index (χ3v) is 8.54. The van der Waals surface area contributed by atoms with Crippen LogP contribution in [0.4, 0.5) is 10.1 Å². The Hall–Kier alpha value is -4.63. The highest BCUT2D eigenvalue weighted by Crippen LogP contribution is 2.42. The molecule has 4 rings (SSSR count). The molecule has 56 heavy (non-hydrogen) atoms. The second-order valence-electron chi connectivity index (χ2n) is 13.2. The summed E-state index contributed by atoms with van der Waals surface area (Å²) in [6.45, 7) is 3.39. The standard InChI is InChI=1S/C39H49FN4O12/c1-26(2)37-36(39(48)41-30-12-7-4-8-13-30)35(27-10-5-3-6-11-27)38(28-14-16-29(40)17-15-28)42(37)19-18-31(45)22-32(46)23-34(47)54-21-9-20-53-24-33(56-44(51)52)25-55-43(49)50/h3-8,10-17,26,31-33,45-46,49-52H,9,18-25H2,1-2H3,(H,41,48)/t31-,32-,33-/m1/s1. The first-order valence-electron chi connectivity index (χ1n) is 18.0. The Morgan fingerprint density at radius 1 is 0.821 bits per heavy atom. The van der Waals surface area contributed by atoms with Crippen LogP contribution in [-0.2, 0) is 30.5 Å². The van der Waals surface area contributed by atoms with Crippen molar-refractivity contribution in [3.63, 3.8) is 0 Å². The van der Waals surface area contributed by atoms with E-state index in [0.717, 1.165) is 5.56 Å². The van der Waals surface area contributed by atoms with Gasteiger partial charge in [0, 0.05) is 36.5 Å². The van der Waals surface area contributed by atoms with Crippen LogP contribution in [-0.4, -0.2) is 103 Å². The average Bonchev–Trinajstić information content (AvgIpc) is 3.50. The molecule has 17 heteroatoms. The number of hydrogen-bond acceptors (Lipinski definition) is 14. The Labute approximate surface area is 323 Å². The molecule has 0 aliphatic carbocycles.